The first-order valence-corrected chi connectivity index (χ1v) is 5.46. The van der Waals surface area contributed by atoms with Crippen LogP contribution in [0.1, 0.15) is 52.9 Å². The van der Waals surface area contributed by atoms with E-state index in [1.807, 2.05) is 6.92 Å². The highest BCUT2D eigenvalue weighted by molar-refractivity contribution is 4.82. The molecule has 0 fully saturated rings. The second kappa shape index (κ2) is 8.31. The summed E-state index contributed by atoms with van der Waals surface area (Å²) in [5.41, 5.74) is 0. The van der Waals surface area contributed by atoms with Crippen molar-refractivity contribution < 1.29 is 5.11 Å². The molecule has 0 aliphatic rings. The van der Waals surface area contributed by atoms with Gasteiger partial charge in [0.05, 0.1) is 6.10 Å². The Morgan fingerprint density at radius 2 is 1.77 bits per heavy atom. The number of unbranched alkanes of at least 4 members (excludes halogenated alkanes) is 2. The Labute approximate surface area is 82.9 Å². The van der Waals surface area contributed by atoms with Crippen molar-refractivity contribution in [3.8, 4) is 0 Å². The Morgan fingerprint density at radius 3 is 2.31 bits per heavy atom. The number of aliphatic hydroxyl groups excluding tert-OH is 1. The molecule has 0 aromatic carbocycles. The third-order valence-corrected chi connectivity index (χ3v) is 2.02. The minimum Gasteiger partial charge on any atom is -0.393 e. The van der Waals surface area contributed by atoms with E-state index in [4.69, 9.17) is 5.11 Å². The number of allylic oxidation sites excluding steroid dienone is 2. The maximum absolute atomic E-state index is 9.01. The molecule has 13 heavy (non-hydrogen) atoms. The molecule has 0 rings (SSSR count). The molecule has 78 valence electrons. The molecule has 0 aromatic rings. The van der Waals surface area contributed by atoms with Gasteiger partial charge in [-0.2, -0.15) is 0 Å². The number of aliphatic hydroxyl groups is 1. The molecular weight excluding hydrogens is 160 g/mol. The lowest BCUT2D eigenvalue weighted by molar-refractivity contribution is 0.181. The van der Waals surface area contributed by atoms with E-state index in [2.05, 4.69) is 26.0 Å². The summed E-state index contributed by atoms with van der Waals surface area (Å²) in [5.74, 6) is 0.772. The predicted octanol–water partition coefficient (Wildman–Crippen LogP) is 3.53. The molecule has 0 spiro atoms. The molecule has 0 bridgehead atoms. The van der Waals surface area contributed by atoms with Crippen LogP contribution in [0.15, 0.2) is 12.2 Å². The number of rotatable bonds is 7. The van der Waals surface area contributed by atoms with Crippen molar-refractivity contribution in [2.45, 2.75) is 59.0 Å². The van der Waals surface area contributed by atoms with E-state index in [1.165, 1.54) is 19.3 Å². The summed E-state index contributed by atoms with van der Waals surface area (Å²) in [6.07, 6.45) is 10.1. The first-order chi connectivity index (χ1) is 6.13. The van der Waals surface area contributed by atoms with Crippen LogP contribution in [0.4, 0.5) is 0 Å². The number of hydrogen-bond donors (Lipinski definition) is 1. The zero-order valence-corrected chi connectivity index (χ0v) is 9.29. The van der Waals surface area contributed by atoms with Crippen LogP contribution in [-0.2, 0) is 0 Å². The summed E-state index contributed by atoms with van der Waals surface area (Å²) < 4.78 is 0. The minimum atomic E-state index is -0.125. The van der Waals surface area contributed by atoms with Gasteiger partial charge in [0.1, 0.15) is 0 Å². The van der Waals surface area contributed by atoms with E-state index in [0.717, 1.165) is 18.8 Å². The Hall–Kier alpha value is -0.300. The molecular formula is C12H24O. The molecule has 0 aromatic heterocycles. The molecule has 0 aliphatic heterocycles. The van der Waals surface area contributed by atoms with Gasteiger partial charge in [0.2, 0.25) is 0 Å². The lowest BCUT2D eigenvalue weighted by Gasteiger charge is -2.01. The van der Waals surface area contributed by atoms with Gasteiger partial charge in [0, 0.05) is 0 Å². The van der Waals surface area contributed by atoms with Gasteiger partial charge in [0.15, 0.2) is 0 Å². The molecule has 0 amide bonds. The maximum Gasteiger partial charge on any atom is 0.0512 e. The molecule has 1 nitrogen and oxygen atoms in total. The van der Waals surface area contributed by atoms with E-state index in [1.54, 1.807) is 0 Å². The van der Waals surface area contributed by atoms with Crippen molar-refractivity contribution >= 4 is 0 Å². The van der Waals surface area contributed by atoms with Crippen LogP contribution >= 0.6 is 0 Å². The van der Waals surface area contributed by atoms with Crippen molar-refractivity contribution in [2.75, 3.05) is 0 Å². The van der Waals surface area contributed by atoms with E-state index < -0.39 is 0 Å². The zero-order chi connectivity index (χ0) is 10.1. The van der Waals surface area contributed by atoms with Crippen molar-refractivity contribution in [1.29, 1.82) is 0 Å². The highest BCUT2D eigenvalue weighted by Gasteiger charge is 1.93. The molecule has 1 heteroatoms. The normalized spacial score (nSPS) is 14.2. The van der Waals surface area contributed by atoms with Gasteiger partial charge >= 0.3 is 0 Å². The van der Waals surface area contributed by atoms with Gasteiger partial charge in [-0.25, -0.2) is 0 Å². The monoisotopic (exact) mass is 184 g/mol. The van der Waals surface area contributed by atoms with Gasteiger partial charge < -0.3 is 5.11 Å². The quantitative estimate of drug-likeness (QED) is 0.474. The average molecular weight is 184 g/mol. The van der Waals surface area contributed by atoms with Crippen molar-refractivity contribution in [3.63, 3.8) is 0 Å². The molecule has 0 saturated carbocycles. The van der Waals surface area contributed by atoms with Gasteiger partial charge in [-0.05, 0) is 38.5 Å². The van der Waals surface area contributed by atoms with Crippen LogP contribution < -0.4 is 0 Å². The van der Waals surface area contributed by atoms with Crippen molar-refractivity contribution in [3.05, 3.63) is 12.2 Å². The van der Waals surface area contributed by atoms with E-state index >= 15 is 0 Å². The fraction of sp³-hybridized carbons (Fsp3) is 0.833. The van der Waals surface area contributed by atoms with Crippen LogP contribution in [0, 0.1) is 5.92 Å². The van der Waals surface area contributed by atoms with E-state index in [0.29, 0.717) is 0 Å². The van der Waals surface area contributed by atoms with Crippen molar-refractivity contribution in [2.24, 2.45) is 5.92 Å². The second-order valence-corrected chi connectivity index (χ2v) is 4.23. The lowest BCUT2D eigenvalue weighted by atomic mass is 10.1. The molecule has 0 heterocycles. The topological polar surface area (TPSA) is 20.2 Å². The average Bonchev–Trinajstić information content (AvgIpc) is 2.01. The third kappa shape index (κ3) is 11.7. The molecule has 1 unspecified atom stereocenters. The van der Waals surface area contributed by atoms with Crippen LogP contribution in [0.25, 0.3) is 0 Å². The Kier molecular flexibility index (Phi) is 8.11. The SMILES string of the molecule is CC(C)C/C=C/CCCCC(C)O. The predicted molar refractivity (Wildman–Crippen MR) is 58.7 cm³/mol. The van der Waals surface area contributed by atoms with E-state index in [-0.39, 0.29) is 6.10 Å². The second-order valence-electron chi connectivity index (χ2n) is 4.23. The van der Waals surface area contributed by atoms with Crippen molar-refractivity contribution in [1.82, 2.24) is 0 Å². The van der Waals surface area contributed by atoms with Gasteiger partial charge in [0.25, 0.3) is 0 Å². The highest BCUT2D eigenvalue weighted by atomic mass is 16.3. The Bertz CT molecular complexity index is 125. The summed E-state index contributed by atoms with van der Waals surface area (Å²) >= 11 is 0. The summed E-state index contributed by atoms with van der Waals surface area (Å²) in [5, 5.41) is 9.01. The molecule has 0 aliphatic carbocycles. The Balaban J connectivity index is 3.11. The lowest BCUT2D eigenvalue weighted by Crippen LogP contribution is -1.97. The molecule has 0 saturated heterocycles. The first-order valence-electron chi connectivity index (χ1n) is 5.46. The smallest absolute Gasteiger partial charge is 0.0512 e. The summed E-state index contributed by atoms with van der Waals surface area (Å²) in [6.45, 7) is 6.32. The number of hydrogen-bond acceptors (Lipinski definition) is 1. The minimum absolute atomic E-state index is 0.125. The van der Waals surface area contributed by atoms with Crippen LogP contribution in [0.2, 0.25) is 0 Å². The van der Waals surface area contributed by atoms with Crippen LogP contribution in [0.3, 0.4) is 0 Å². The summed E-state index contributed by atoms with van der Waals surface area (Å²) in [7, 11) is 0. The van der Waals surface area contributed by atoms with Gasteiger partial charge in [-0.15, -0.1) is 0 Å². The fourth-order valence-corrected chi connectivity index (χ4v) is 1.19. The molecule has 0 radical (unpaired) electrons. The Morgan fingerprint density at radius 1 is 1.08 bits per heavy atom. The summed E-state index contributed by atoms with van der Waals surface area (Å²) in [4.78, 5) is 0. The van der Waals surface area contributed by atoms with Crippen LogP contribution in [-0.4, -0.2) is 11.2 Å². The molecule has 1 atom stereocenters. The first kappa shape index (κ1) is 12.7. The summed E-state index contributed by atoms with van der Waals surface area (Å²) in [6, 6.07) is 0. The largest absolute Gasteiger partial charge is 0.393 e. The third-order valence-electron chi connectivity index (χ3n) is 2.02. The van der Waals surface area contributed by atoms with Crippen LogP contribution in [0.5, 0.6) is 0 Å². The van der Waals surface area contributed by atoms with Gasteiger partial charge in [-0.1, -0.05) is 32.4 Å². The highest BCUT2D eigenvalue weighted by Crippen LogP contribution is 2.05. The van der Waals surface area contributed by atoms with E-state index in [9.17, 15) is 0 Å². The fourth-order valence-electron chi connectivity index (χ4n) is 1.19. The van der Waals surface area contributed by atoms with Gasteiger partial charge in [-0.3, -0.25) is 0 Å². The standard InChI is InChI=1S/C12H24O/c1-11(2)9-7-5-4-6-8-10-12(3)13/h5,7,11-13H,4,6,8-10H2,1-3H3/b7-5+. The zero-order valence-electron chi connectivity index (χ0n) is 9.29. The maximum atomic E-state index is 9.01. The molecule has 1 N–H and O–H groups in total.